The van der Waals surface area contributed by atoms with Gasteiger partial charge in [0.1, 0.15) is 17.2 Å². The molecule has 0 aliphatic carbocycles. The highest BCUT2D eigenvalue weighted by molar-refractivity contribution is 6.42. The maximum Gasteiger partial charge on any atom is 0.342 e. The first-order valence-corrected chi connectivity index (χ1v) is 9.29. The molecule has 0 saturated carbocycles. The lowest BCUT2D eigenvalue weighted by molar-refractivity contribution is 0.0695. The van der Waals surface area contributed by atoms with E-state index in [0.29, 0.717) is 11.6 Å². The number of hydrogen-bond acceptors (Lipinski definition) is 2. The van der Waals surface area contributed by atoms with Crippen LogP contribution >= 0.6 is 23.2 Å². The van der Waals surface area contributed by atoms with Crippen molar-refractivity contribution < 1.29 is 18.7 Å². The molecular formula is C22H13Cl2F2NO3. The Hall–Kier alpha value is -3.14. The number of hydrogen-bond donors (Lipinski definition) is 1. The molecule has 1 aromatic heterocycles. The minimum Gasteiger partial charge on any atom is -0.477 e. The first-order chi connectivity index (χ1) is 14.2. The van der Waals surface area contributed by atoms with Crippen molar-refractivity contribution in [2.75, 3.05) is 0 Å². The fourth-order valence-corrected chi connectivity index (χ4v) is 3.46. The van der Waals surface area contributed by atoms with Crippen molar-refractivity contribution in [3.63, 3.8) is 0 Å². The number of aromatic carboxylic acids is 1. The largest absolute Gasteiger partial charge is 0.477 e. The molecule has 2 aromatic carbocycles. The predicted molar refractivity (Wildman–Crippen MR) is 112 cm³/mol. The zero-order chi connectivity index (χ0) is 22.2. The summed E-state index contributed by atoms with van der Waals surface area (Å²) >= 11 is 12.0. The second kappa shape index (κ2) is 8.31. The minimum atomic E-state index is -1.53. The van der Waals surface area contributed by atoms with Gasteiger partial charge in [-0.1, -0.05) is 35.2 Å². The highest BCUT2D eigenvalue weighted by atomic mass is 35.5. The first kappa shape index (κ1) is 21.6. The molecule has 0 aliphatic heterocycles. The van der Waals surface area contributed by atoms with E-state index in [1.165, 1.54) is 32.0 Å². The monoisotopic (exact) mass is 447 g/mol. The summed E-state index contributed by atoms with van der Waals surface area (Å²) in [5.74, 6) is 2.09. The number of aromatic nitrogens is 1. The molecule has 0 aliphatic rings. The molecule has 30 heavy (non-hydrogen) atoms. The third-order valence-electron chi connectivity index (χ3n) is 4.44. The molecule has 0 radical (unpaired) electrons. The van der Waals surface area contributed by atoms with Crippen LogP contribution < -0.4 is 5.56 Å². The zero-order valence-corrected chi connectivity index (χ0v) is 17.2. The Bertz CT molecular complexity index is 1320. The number of carboxylic acids is 1. The van der Waals surface area contributed by atoms with Crippen LogP contribution in [0.4, 0.5) is 8.78 Å². The van der Waals surface area contributed by atoms with Gasteiger partial charge in [0, 0.05) is 17.3 Å². The maximum absolute atomic E-state index is 14.5. The standard InChI is InChI=1S/C22H13Cl2F2NO3/c1-3-4-14-11(2)27(18-8-6-13(25)10-17(18)26)21(28)20(22(29)30)19(14)12-5-7-15(23)16(24)9-12/h5-10H,1-2H3,(H,29,30). The molecule has 0 atom stereocenters. The molecule has 3 aromatic rings. The van der Waals surface area contributed by atoms with Gasteiger partial charge in [0.15, 0.2) is 0 Å². The smallest absolute Gasteiger partial charge is 0.342 e. The van der Waals surface area contributed by atoms with Crippen molar-refractivity contribution in [2.45, 2.75) is 13.8 Å². The van der Waals surface area contributed by atoms with Crippen molar-refractivity contribution in [2.24, 2.45) is 0 Å². The van der Waals surface area contributed by atoms with Crippen LogP contribution in [0.2, 0.25) is 10.0 Å². The normalized spacial score (nSPS) is 10.5. The van der Waals surface area contributed by atoms with E-state index < -0.39 is 28.7 Å². The van der Waals surface area contributed by atoms with E-state index >= 15 is 0 Å². The SMILES string of the molecule is CC#Cc1c(-c2ccc(Cl)c(Cl)c2)c(C(=O)O)c(=O)n(-c2ccc(F)cc2F)c1C. The van der Waals surface area contributed by atoms with E-state index in [1.54, 1.807) is 0 Å². The molecular weight excluding hydrogens is 435 g/mol. The Morgan fingerprint density at radius 3 is 2.37 bits per heavy atom. The van der Waals surface area contributed by atoms with Crippen LogP contribution in [0.5, 0.6) is 0 Å². The van der Waals surface area contributed by atoms with Gasteiger partial charge in [0.25, 0.3) is 5.56 Å². The fraction of sp³-hybridized carbons (Fsp3) is 0.0909. The molecule has 3 rings (SSSR count). The highest BCUT2D eigenvalue weighted by Gasteiger charge is 2.26. The quantitative estimate of drug-likeness (QED) is 0.541. The Morgan fingerprint density at radius 1 is 1.10 bits per heavy atom. The number of benzene rings is 2. The van der Waals surface area contributed by atoms with Crippen LogP contribution in [0.1, 0.15) is 28.5 Å². The van der Waals surface area contributed by atoms with Gasteiger partial charge in [-0.2, -0.15) is 0 Å². The number of carboxylic acid groups (broad SMARTS) is 1. The highest BCUT2D eigenvalue weighted by Crippen LogP contribution is 2.33. The molecule has 0 amide bonds. The van der Waals surface area contributed by atoms with E-state index in [4.69, 9.17) is 23.2 Å². The van der Waals surface area contributed by atoms with Crippen LogP contribution in [-0.2, 0) is 0 Å². The number of carbonyl (C=O) groups is 1. The van der Waals surface area contributed by atoms with Crippen molar-refractivity contribution in [3.05, 3.63) is 85.3 Å². The lowest BCUT2D eigenvalue weighted by Crippen LogP contribution is -2.30. The van der Waals surface area contributed by atoms with Crippen molar-refractivity contribution in [1.82, 2.24) is 4.57 Å². The van der Waals surface area contributed by atoms with Crippen LogP contribution in [0.3, 0.4) is 0 Å². The summed E-state index contributed by atoms with van der Waals surface area (Å²) in [6.45, 7) is 3.03. The average molecular weight is 448 g/mol. The van der Waals surface area contributed by atoms with Crippen molar-refractivity contribution >= 4 is 29.2 Å². The third-order valence-corrected chi connectivity index (χ3v) is 5.18. The van der Waals surface area contributed by atoms with Gasteiger partial charge in [0.05, 0.1) is 21.3 Å². The Morgan fingerprint density at radius 2 is 1.80 bits per heavy atom. The van der Waals surface area contributed by atoms with E-state index in [0.717, 1.165) is 16.7 Å². The third kappa shape index (κ3) is 3.70. The minimum absolute atomic E-state index is 0.0386. The van der Waals surface area contributed by atoms with E-state index in [9.17, 15) is 23.5 Å². The molecule has 152 valence electrons. The van der Waals surface area contributed by atoms with Gasteiger partial charge in [-0.3, -0.25) is 9.36 Å². The zero-order valence-electron chi connectivity index (χ0n) is 15.7. The first-order valence-electron chi connectivity index (χ1n) is 8.53. The summed E-state index contributed by atoms with van der Waals surface area (Å²) in [5.41, 5.74) is -1.18. The van der Waals surface area contributed by atoms with Crippen LogP contribution in [-0.4, -0.2) is 15.6 Å². The molecule has 0 saturated heterocycles. The fourth-order valence-electron chi connectivity index (χ4n) is 3.16. The van der Waals surface area contributed by atoms with Gasteiger partial charge >= 0.3 is 5.97 Å². The van der Waals surface area contributed by atoms with Crippen molar-refractivity contribution in [3.8, 4) is 28.7 Å². The number of pyridine rings is 1. The number of halogens is 4. The molecule has 8 heteroatoms. The predicted octanol–water partition coefficient (Wildman–Crippen LogP) is 5.47. The Balaban J connectivity index is 2.53. The summed E-state index contributed by atoms with van der Waals surface area (Å²) in [6.07, 6.45) is 0. The maximum atomic E-state index is 14.5. The van der Waals surface area contributed by atoms with Gasteiger partial charge in [-0.25, -0.2) is 13.6 Å². The van der Waals surface area contributed by atoms with Crippen molar-refractivity contribution in [1.29, 1.82) is 0 Å². The Kier molecular flexibility index (Phi) is 5.97. The molecule has 0 fully saturated rings. The van der Waals surface area contributed by atoms with E-state index in [1.807, 2.05) is 0 Å². The van der Waals surface area contributed by atoms with E-state index in [-0.39, 0.29) is 32.6 Å². The summed E-state index contributed by atoms with van der Waals surface area (Å²) < 4.78 is 28.7. The lowest BCUT2D eigenvalue weighted by atomic mass is 9.93. The van der Waals surface area contributed by atoms with Crippen LogP contribution in [0, 0.1) is 30.4 Å². The molecule has 4 nitrogen and oxygen atoms in total. The number of rotatable bonds is 3. The lowest BCUT2D eigenvalue weighted by Gasteiger charge is -2.18. The summed E-state index contributed by atoms with van der Waals surface area (Å²) in [7, 11) is 0. The average Bonchev–Trinajstić information content (AvgIpc) is 2.67. The summed E-state index contributed by atoms with van der Waals surface area (Å²) in [4.78, 5) is 25.3. The number of nitrogens with zero attached hydrogens (tertiary/aromatic N) is 1. The van der Waals surface area contributed by atoms with Gasteiger partial charge in [-0.05, 0) is 43.7 Å². The van der Waals surface area contributed by atoms with Crippen LogP contribution in [0.15, 0.2) is 41.2 Å². The summed E-state index contributed by atoms with van der Waals surface area (Å²) in [6, 6.07) is 7.05. The summed E-state index contributed by atoms with van der Waals surface area (Å²) in [5, 5.41) is 10.2. The second-order valence-electron chi connectivity index (χ2n) is 6.26. The Labute approximate surface area is 180 Å². The van der Waals surface area contributed by atoms with E-state index in [2.05, 4.69) is 11.8 Å². The molecule has 0 bridgehead atoms. The van der Waals surface area contributed by atoms with Gasteiger partial charge in [-0.15, -0.1) is 5.92 Å². The second-order valence-corrected chi connectivity index (χ2v) is 7.07. The van der Waals surface area contributed by atoms with Gasteiger partial charge < -0.3 is 5.11 Å². The van der Waals surface area contributed by atoms with Gasteiger partial charge in [0.2, 0.25) is 0 Å². The molecule has 0 spiro atoms. The topological polar surface area (TPSA) is 59.3 Å². The molecule has 0 unspecified atom stereocenters. The molecule has 1 N–H and O–H groups in total. The molecule has 1 heterocycles. The van der Waals surface area contributed by atoms with Crippen LogP contribution in [0.25, 0.3) is 16.8 Å².